The summed E-state index contributed by atoms with van der Waals surface area (Å²) in [6.45, 7) is 2.14. The van der Waals surface area contributed by atoms with Crippen molar-refractivity contribution in [3.8, 4) is 17.0 Å². The van der Waals surface area contributed by atoms with Crippen LogP contribution in [0.2, 0.25) is 0 Å². The fraction of sp³-hybridized carbons (Fsp3) is 0.0952. The Balaban J connectivity index is 1.88. The number of benzene rings is 3. The standard InChI is InChI=1S/C21H17NO/c1-14-11-21(22-20-6-4-3-5-19(14)20)17-8-7-16-13-18(23-2)10-9-15(16)12-17/h3-13H,1-2H3. The third-order valence-corrected chi connectivity index (χ3v) is 4.27. The topological polar surface area (TPSA) is 22.1 Å². The largest absolute Gasteiger partial charge is 0.497 e. The Morgan fingerprint density at radius 3 is 2.48 bits per heavy atom. The zero-order valence-electron chi connectivity index (χ0n) is 13.2. The van der Waals surface area contributed by atoms with E-state index in [0.717, 1.165) is 22.5 Å². The van der Waals surface area contributed by atoms with Gasteiger partial charge in [0, 0.05) is 10.9 Å². The Kier molecular flexibility index (Phi) is 3.23. The Morgan fingerprint density at radius 1 is 0.826 bits per heavy atom. The van der Waals surface area contributed by atoms with Gasteiger partial charge in [-0.3, -0.25) is 0 Å². The number of ether oxygens (including phenoxy) is 1. The minimum absolute atomic E-state index is 0.880. The molecule has 0 unspecified atom stereocenters. The minimum Gasteiger partial charge on any atom is -0.497 e. The van der Waals surface area contributed by atoms with Crippen LogP contribution in [-0.4, -0.2) is 12.1 Å². The van der Waals surface area contributed by atoms with Gasteiger partial charge in [0.2, 0.25) is 0 Å². The molecule has 0 N–H and O–H groups in total. The van der Waals surface area contributed by atoms with Gasteiger partial charge in [-0.15, -0.1) is 0 Å². The van der Waals surface area contributed by atoms with Crippen molar-refractivity contribution in [1.82, 2.24) is 4.98 Å². The number of methoxy groups -OCH3 is 1. The van der Waals surface area contributed by atoms with Crippen LogP contribution in [0.3, 0.4) is 0 Å². The second kappa shape index (κ2) is 5.40. The molecule has 0 bridgehead atoms. The molecule has 2 nitrogen and oxygen atoms in total. The zero-order valence-corrected chi connectivity index (χ0v) is 13.2. The number of hydrogen-bond acceptors (Lipinski definition) is 2. The number of aryl methyl sites for hydroxylation is 1. The van der Waals surface area contributed by atoms with Crippen LogP contribution in [-0.2, 0) is 0 Å². The summed E-state index contributed by atoms with van der Waals surface area (Å²) in [5.41, 5.74) is 4.44. The van der Waals surface area contributed by atoms with Crippen LogP contribution in [0.5, 0.6) is 5.75 Å². The van der Waals surface area contributed by atoms with Crippen molar-refractivity contribution in [2.45, 2.75) is 6.92 Å². The molecule has 0 radical (unpaired) electrons. The van der Waals surface area contributed by atoms with Crippen molar-refractivity contribution < 1.29 is 4.74 Å². The zero-order chi connectivity index (χ0) is 15.8. The van der Waals surface area contributed by atoms with Crippen LogP contribution in [0.4, 0.5) is 0 Å². The summed E-state index contributed by atoms with van der Waals surface area (Å²) in [7, 11) is 1.69. The number of rotatable bonds is 2. The van der Waals surface area contributed by atoms with Crippen molar-refractivity contribution in [3.05, 3.63) is 72.3 Å². The van der Waals surface area contributed by atoms with E-state index in [1.54, 1.807) is 7.11 Å². The van der Waals surface area contributed by atoms with Gasteiger partial charge in [0.25, 0.3) is 0 Å². The van der Waals surface area contributed by atoms with Crippen LogP contribution in [0.25, 0.3) is 32.9 Å². The van der Waals surface area contributed by atoms with E-state index in [1.165, 1.54) is 21.7 Å². The van der Waals surface area contributed by atoms with Gasteiger partial charge in [-0.1, -0.05) is 36.4 Å². The predicted molar refractivity (Wildman–Crippen MR) is 96.0 cm³/mol. The SMILES string of the molecule is COc1ccc2cc(-c3cc(C)c4ccccc4n3)ccc2c1. The van der Waals surface area contributed by atoms with E-state index in [0.29, 0.717) is 0 Å². The van der Waals surface area contributed by atoms with Crippen molar-refractivity contribution in [2.24, 2.45) is 0 Å². The number of nitrogens with zero attached hydrogens (tertiary/aromatic N) is 1. The molecule has 0 saturated heterocycles. The molecule has 0 saturated carbocycles. The van der Waals surface area contributed by atoms with Crippen molar-refractivity contribution in [3.63, 3.8) is 0 Å². The van der Waals surface area contributed by atoms with E-state index in [1.807, 2.05) is 12.1 Å². The van der Waals surface area contributed by atoms with Crippen LogP contribution >= 0.6 is 0 Å². The molecule has 4 rings (SSSR count). The second-order valence-corrected chi connectivity index (χ2v) is 5.77. The van der Waals surface area contributed by atoms with Gasteiger partial charge in [-0.05, 0) is 53.6 Å². The molecular weight excluding hydrogens is 282 g/mol. The van der Waals surface area contributed by atoms with Crippen LogP contribution in [0.1, 0.15) is 5.56 Å². The van der Waals surface area contributed by atoms with E-state index in [2.05, 4.69) is 61.5 Å². The molecule has 0 aliphatic carbocycles. The van der Waals surface area contributed by atoms with Crippen molar-refractivity contribution in [2.75, 3.05) is 7.11 Å². The molecule has 0 atom stereocenters. The molecule has 0 aliphatic rings. The van der Waals surface area contributed by atoms with Gasteiger partial charge in [0.1, 0.15) is 5.75 Å². The molecule has 1 aromatic heterocycles. The number of pyridine rings is 1. The first-order valence-corrected chi connectivity index (χ1v) is 7.69. The number of aromatic nitrogens is 1. The minimum atomic E-state index is 0.880. The van der Waals surface area contributed by atoms with E-state index < -0.39 is 0 Å². The van der Waals surface area contributed by atoms with Crippen LogP contribution in [0.15, 0.2) is 66.7 Å². The molecular formula is C21H17NO. The summed E-state index contributed by atoms with van der Waals surface area (Å²) in [6, 6.07) is 23.0. The Hall–Kier alpha value is -2.87. The highest BCUT2D eigenvalue weighted by atomic mass is 16.5. The maximum absolute atomic E-state index is 5.29. The van der Waals surface area contributed by atoms with Gasteiger partial charge in [-0.25, -0.2) is 4.98 Å². The van der Waals surface area contributed by atoms with Gasteiger partial charge >= 0.3 is 0 Å². The Bertz CT molecular complexity index is 1020. The Labute approximate surface area is 135 Å². The molecule has 1 heterocycles. The lowest BCUT2D eigenvalue weighted by atomic mass is 10.0. The second-order valence-electron chi connectivity index (χ2n) is 5.77. The molecule has 3 aromatic carbocycles. The summed E-state index contributed by atoms with van der Waals surface area (Å²) >= 11 is 0. The Morgan fingerprint density at radius 2 is 1.61 bits per heavy atom. The average Bonchev–Trinajstić information content (AvgIpc) is 2.60. The lowest BCUT2D eigenvalue weighted by Crippen LogP contribution is -1.89. The summed E-state index contributed by atoms with van der Waals surface area (Å²) in [4.78, 5) is 4.82. The highest BCUT2D eigenvalue weighted by Crippen LogP contribution is 2.28. The van der Waals surface area contributed by atoms with Crippen molar-refractivity contribution in [1.29, 1.82) is 0 Å². The quantitative estimate of drug-likeness (QED) is 0.496. The number of para-hydroxylation sites is 1. The maximum Gasteiger partial charge on any atom is 0.119 e. The lowest BCUT2D eigenvalue weighted by molar-refractivity contribution is 0.415. The van der Waals surface area contributed by atoms with E-state index in [4.69, 9.17) is 9.72 Å². The van der Waals surface area contributed by atoms with Gasteiger partial charge < -0.3 is 4.74 Å². The predicted octanol–water partition coefficient (Wildman–Crippen LogP) is 5.37. The number of hydrogen-bond donors (Lipinski definition) is 0. The third-order valence-electron chi connectivity index (χ3n) is 4.27. The normalized spacial score (nSPS) is 11.0. The third kappa shape index (κ3) is 2.42. The fourth-order valence-corrected chi connectivity index (χ4v) is 3.01. The molecule has 2 heteroatoms. The highest BCUT2D eigenvalue weighted by Gasteiger charge is 2.06. The van der Waals surface area contributed by atoms with Gasteiger partial charge in [0.15, 0.2) is 0 Å². The molecule has 0 amide bonds. The smallest absolute Gasteiger partial charge is 0.119 e. The molecule has 4 aromatic rings. The number of fused-ring (bicyclic) bond motifs is 2. The summed E-state index contributed by atoms with van der Waals surface area (Å²) < 4.78 is 5.29. The fourth-order valence-electron chi connectivity index (χ4n) is 3.01. The molecule has 112 valence electrons. The molecule has 0 fully saturated rings. The molecule has 23 heavy (non-hydrogen) atoms. The molecule has 0 spiro atoms. The van der Waals surface area contributed by atoms with Crippen LogP contribution < -0.4 is 4.74 Å². The summed E-state index contributed by atoms with van der Waals surface area (Å²) in [5, 5.41) is 3.57. The van der Waals surface area contributed by atoms with E-state index in [-0.39, 0.29) is 0 Å². The molecule has 0 aliphatic heterocycles. The monoisotopic (exact) mass is 299 g/mol. The van der Waals surface area contributed by atoms with E-state index >= 15 is 0 Å². The maximum atomic E-state index is 5.29. The summed E-state index contributed by atoms with van der Waals surface area (Å²) in [5.74, 6) is 0.880. The summed E-state index contributed by atoms with van der Waals surface area (Å²) in [6.07, 6.45) is 0. The first kappa shape index (κ1) is 13.8. The average molecular weight is 299 g/mol. The van der Waals surface area contributed by atoms with Gasteiger partial charge in [-0.2, -0.15) is 0 Å². The van der Waals surface area contributed by atoms with Crippen LogP contribution in [0, 0.1) is 6.92 Å². The lowest BCUT2D eigenvalue weighted by Gasteiger charge is -2.08. The first-order chi connectivity index (χ1) is 11.2. The first-order valence-electron chi connectivity index (χ1n) is 7.69. The van der Waals surface area contributed by atoms with E-state index in [9.17, 15) is 0 Å². The van der Waals surface area contributed by atoms with Crippen molar-refractivity contribution >= 4 is 21.7 Å². The van der Waals surface area contributed by atoms with Gasteiger partial charge in [0.05, 0.1) is 18.3 Å². The highest BCUT2D eigenvalue weighted by molar-refractivity contribution is 5.90.